The van der Waals surface area contributed by atoms with E-state index >= 15 is 0 Å². The first-order chi connectivity index (χ1) is 11.8. The molecule has 1 amide bonds. The molecule has 1 saturated heterocycles. The molecule has 1 heterocycles. The van der Waals surface area contributed by atoms with Crippen LogP contribution in [0.4, 0.5) is 0 Å². The van der Waals surface area contributed by atoms with Crippen molar-refractivity contribution in [1.82, 2.24) is 15.1 Å². The molecule has 0 bridgehead atoms. The highest BCUT2D eigenvalue weighted by Crippen LogP contribution is 2.24. The van der Waals surface area contributed by atoms with Crippen LogP contribution in [0, 0.1) is 0 Å². The molecular weight excluding hydrogens is 314 g/mol. The predicted molar refractivity (Wildman–Crippen MR) is 102 cm³/mol. The van der Waals surface area contributed by atoms with Gasteiger partial charge >= 0.3 is 0 Å². The fourth-order valence-electron chi connectivity index (χ4n) is 2.85. The Kier molecular flexibility index (Phi) is 7.26. The second-order valence-electron chi connectivity index (χ2n) is 7.91. The third-order valence-corrected chi connectivity index (χ3v) is 4.66. The maximum atomic E-state index is 11.9. The van der Waals surface area contributed by atoms with Gasteiger partial charge in [-0.3, -0.25) is 4.79 Å². The Hall–Kier alpha value is -1.59. The van der Waals surface area contributed by atoms with E-state index in [0.29, 0.717) is 6.54 Å². The summed E-state index contributed by atoms with van der Waals surface area (Å²) >= 11 is 0. The zero-order valence-corrected chi connectivity index (χ0v) is 16.2. The van der Waals surface area contributed by atoms with Gasteiger partial charge in [0.15, 0.2) is 6.61 Å². The molecule has 0 unspecified atom stereocenters. The van der Waals surface area contributed by atoms with E-state index in [2.05, 4.69) is 55.1 Å². The number of benzene rings is 1. The molecule has 140 valence electrons. The Morgan fingerprint density at radius 1 is 1.12 bits per heavy atom. The zero-order valence-electron chi connectivity index (χ0n) is 16.2. The SMILES string of the molecule is CN1CCN(CCCNC(=O)COc2ccc(C(C)(C)C)cc2)CC1. The van der Waals surface area contributed by atoms with Crippen molar-refractivity contribution in [2.24, 2.45) is 0 Å². The number of carbonyl (C=O) groups excluding carboxylic acids is 1. The molecule has 0 atom stereocenters. The summed E-state index contributed by atoms with van der Waals surface area (Å²) < 4.78 is 5.57. The Balaban J connectivity index is 1.59. The number of hydrogen-bond donors (Lipinski definition) is 1. The third kappa shape index (κ3) is 7.04. The van der Waals surface area contributed by atoms with E-state index in [1.807, 2.05) is 12.1 Å². The molecule has 1 N–H and O–H groups in total. The van der Waals surface area contributed by atoms with Crippen LogP contribution in [0.15, 0.2) is 24.3 Å². The molecule has 1 aromatic rings. The summed E-state index contributed by atoms with van der Waals surface area (Å²) in [5.74, 6) is 0.680. The van der Waals surface area contributed by atoms with Crippen molar-refractivity contribution < 1.29 is 9.53 Å². The van der Waals surface area contributed by atoms with E-state index in [1.54, 1.807) is 0 Å². The number of carbonyl (C=O) groups is 1. The van der Waals surface area contributed by atoms with Gasteiger partial charge in [0.1, 0.15) is 5.75 Å². The average Bonchev–Trinajstić information content (AvgIpc) is 2.58. The van der Waals surface area contributed by atoms with Gasteiger partial charge < -0.3 is 19.9 Å². The van der Waals surface area contributed by atoms with Gasteiger partial charge in [0.2, 0.25) is 0 Å². The quantitative estimate of drug-likeness (QED) is 0.768. The largest absolute Gasteiger partial charge is 0.484 e. The van der Waals surface area contributed by atoms with Crippen molar-refractivity contribution in [1.29, 1.82) is 0 Å². The highest BCUT2D eigenvalue weighted by atomic mass is 16.5. The molecule has 0 spiro atoms. The van der Waals surface area contributed by atoms with Gasteiger partial charge in [-0.1, -0.05) is 32.9 Å². The Morgan fingerprint density at radius 3 is 2.36 bits per heavy atom. The summed E-state index contributed by atoms with van der Waals surface area (Å²) in [7, 11) is 2.16. The van der Waals surface area contributed by atoms with Crippen LogP contribution in [0.3, 0.4) is 0 Å². The number of ether oxygens (including phenoxy) is 1. The number of amides is 1. The molecule has 2 rings (SSSR count). The second kappa shape index (κ2) is 9.20. The summed E-state index contributed by atoms with van der Waals surface area (Å²) in [6.45, 7) is 12.9. The molecule has 5 nitrogen and oxygen atoms in total. The molecule has 0 aliphatic carbocycles. The number of rotatable bonds is 7. The van der Waals surface area contributed by atoms with Crippen molar-refractivity contribution in [3.05, 3.63) is 29.8 Å². The zero-order chi connectivity index (χ0) is 18.3. The lowest BCUT2D eigenvalue weighted by molar-refractivity contribution is -0.123. The van der Waals surface area contributed by atoms with Gasteiger partial charge in [0, 0.05) is 32.7 Å². The van der Waals surface area contributed by atoms with Crippen LogP contribution in [0.5, 0.6) is 5.75 Å². The van der Waals surface area contributed by atoms with E-state index in [0.717, 1.165) is 44.9 Å². The van der Waals surface area contributed by atoms with Gasteiger partial charge in [-0.2, -0.15) is 0 Å². The topological polar surface area (TPSA) is 44.8 Å². The predicted octanol–water partition coefficient (Wildman–Crippen LogP) is 2.12. The van der Waals surface area contributed by atoms with Gasteiger partial charge in [0.05, 0.1) is 0 Å². The third-order valence-electron chi connectivity index (χ3n) is 4.66. The van der Waals surface area contributed by atoms with Gasteiger partial charge in [0.25, 0.3) is 5.91 Å². The fourth-order valence-corrected chi connectivity index (χ4v) is 2.85. The van der Waals surface area contributed by atoms with Gasteiger partial charge in [-0.25, -0.2) is 0 Å². The number of nitrogens with one attached hydrogen (secondary N) is 1. The standard InChI is InChI=1S/C20H33N3O2/c1-20(2,3)17-6-8-18(9-7-17)25-16-19(24)21-10-5-11-23-14-12-22(4)13-15-23/h6-9H,5,10-16H2,1-4H3,(H,21,24). The molecule has 0 radical (unpaired) electrons. The van der Waals surface area contributed by atoms with Crippen molar-refractivity contribution in [3.63, 3.8) is 0 Å². The molecule has 1 aliphatic rings. The lowest BCUT2D eigenvalue weighted by Crippen LogP contribution is -2.45. The van der Waals surface area contributed by atoms with Crippen molar-refractivity contribution in [2.45, 2.75) is 32.6 Å². The van der Waals surface area contributed by atoms with E-state index < -0.39 is 0 Å². The van der Waals surface area contributed by atoms with Crippen molar-refractivity contribution >= 4 is 5.91 Å². The summed E-state index contributed by atoms with van der Waals surface area (Å²) in [5, 5.41) is 2.94. The molecule has 1 aliphatic heterocycles. The maximum absolute atomic E-state index is 11.9. The van der Waals surface area contributed by atoms with Crippen LogP contribution < -0.4 is 10.1 Å². The Morgan fingerprint density at radius 2 is 1.76 bits per heavy atom. The van der Waals surface area contributed by atoms with Crippen LogP contribution in [0.25, 0.3) is 0 Å². The number of hydrogen-bond acceptors (Lipinski definition) is 4. The second-order valence-corrected chi connectivity index (χ2v) is 7.91. The molecule has 5 heteroatoms. The maximum Gasteiger partial charge on any atom is 0.257 e. The van der Waals surface area contributed by atoms with E-state index in [4.69, 9.17) is 4.74 Å². The number of piperazine rings is 1. The van der Waals surface area contributed by atoms with E-state index in [1.165, 1.54) is 5.56 Å². The van der Waals surface area contributed by atoms with Gasteiger partial charge in [-0.05, 0) is 43.1 Å². The van der Waals surface area contributed by atoms with E-state index in [9.17, 15) is 4.79 Å². The minimum atomic E-state index is -0.0572. The lowest BCUT2D eigenvalue weighted by Gasteiger charge is -2.32. The highest BCUT2D eigenvalue weighted by molar-refractivity contribution is 5.77. The number of likely N-dealkylation sites (N-methyl/N-ethyl adjacent to an activating group) is 1. The molecule has 0 aromatic heterocycles. The van der Waals surface area contributed by atoms with Gasteiger partial charge in [-0.15, -0.1) is 0 Å². The fraction of sp³-hybridized carbons (Fsp3) is 0.650. The molecule has 0 saturated carbocycles. The van der Waals surface area contributed by atoms with Crippen LogP contribution in [0.2, 0.25) is 0 Å². The van der Waals surface area contributed by atoms with Crippen LogP contribution >= 0.6 is 0 Å². The number of nitrogens with zero attached hydrogens (tertiary/aromatic N) is 2. The Labute approximate surface area is 152 Å². The smallest absolute Gasteiger partial charge is 0.257 e. The average molecular weight is 348 g/mol. The van der Waals surface area contributed by atoms with Crippen LogP contribution in [0.1, 0.15) is 32.8 Å². The molecule has 1 aromatic carbocycles. The summed E-state index contributed by atoms with van der Waals surface area (Å²) in [5.41, 5.74) is 1.38. The summed E-state index contributed by atoms with van der Waals surface area (Å²) in [6.07, 6.45) is 0.982. The molecular formula is C20H33N3O2. The van der Waals surface area contributed by atoms with E-state index in [-0.39, 0.29) is 17.9 Å². The normalized spacial score (nSPS) is 16.6. The summed E-state index contributed by atoms with van der Waals surface area (Å²) in [6, 6.07) is 7.98. The minimum Gasteiger partial charge on any atom is -0.484 e. The first kappa shape index (κ1) is 19.7. The minimum absolute atomic E-state index is 0.0572. The highest BCUT2D eigenvalue weighted by Gasteiger charge is 2.14. The van der Waals surface area contributed by atoms with Crippen molar-refractivity contribution in [3.8, 4) is 5.75 Å². The lowest BCUT2D eigenvalue weighted by atomic mass is 9.87. The monoisotopic (exact) mass is 347 g/mol. The van der Waals surface area contributed by atoms with Crippen LogP contribution in [-0.4, -0.2) is 68.6 Å². The van der Waals surface area contributed by atoms with Crippen LogP contribution in [-0.2, 0) is 10.2 Å². The first-order valence-electron chi connectivity index (χ1n) is 9.25. The molecule has 1 fully saturated rings. The first-order valence-corrected chi connectivity index (χ1v) is 9.25. The Bertz CT molecular complexity index is 529. The molecule has 25 heavy (non-hydrogen) atoms. The van der Waals surface area contributed by atoms with Crippen molar-refractivity contribution in [2.75, 3.05) is 52.9 Å². The summed E-state index contributed by atoms with van der Waals surface area (Å²) in [4.78, 5) is 16.7.